The van der Waals surface area contributed by atoms with Crippen LogP contribution in [0.15, 0.2) is 52.1 Å². The lowest BCUT2D eigenvalue weighted by molar-refractivity contribution is -0.111. The first-order valence-electron chi connectivity index (χ1n) is 8.61. The molecule has 1 aliphatic heterocycles. The van der Waals surface area contributed by atoms with Gasteiger partial charge in [-0.3, -0.25) is 9.79 Å². The van der Waals surface area contributed by atoms with Crippen molar-refractivity contribution in [3.8, 4) is 0 Å². The summed E-state index contributed by atoms with van der Waals surface area (Å²) in [6.07, 6.45) is 17.5. The van der Waals surface area contributed by atoms with Crippen molar-refractivity contribution in [2.24, 2.45) is 10.9 Å². The topological polar surface area (TPSA) is 29.4 Å². The Morgan fingerprint density at radius 1 is 1.09 bits per heavy atom. The standard InChI is InChI=1S/C20H25NO/c1-3-4-5-6-7-10-15-14(2)19(22)13-17-16-11-8-9-12-18(16)21-20(15)17/h8-9,11-13,16,18H,3-7,10H2,1-2H3/t16-,18-/m1/s1. The molecule has 0 N–H and O–H groups in total. The van der Waals surface area contributed by atoms with Crippen LogP contribution in [-0.2, 0) is 4.79 Å². The number of nitrogens with zero attached hydrogens (tertiary/aromatic N) is 1. The molecule has 22 heavy (non-hydrogen) atoms. The van der Waals surface area contributed by atoms with Crippen molar-refractivity contribution >= 4 is 11.5 Å². The van der Waals surface area contributed by atoms with Gasteiger partial charge in [0.15, 0.2) is 5.78 Å². The highest BCUT2D eigenvalue weighted by atomic mass is 16.1. The van der Waals surface area contributed by atoms with E-state index in [0.717, 1.165) is 29.7 Å². The van der Waals surface area contributed by atoms with Crippen LogP contribution in [0.1, 0.15) is 52.4 Å². The van der Waals surface area contributed by atoms with E-state index in [1.54, 1.807) is 0 Å². The molecular formula is C20H25NO. The second-order valence-electron chi connectivity index (χ2n) is 6.50. The summed E-state index contributed by atoms with van der Waals surface area (Å²) in [6.45, 7) is 4.20. The predicted octanol–water partition coefficient (Wildman–Crippen LogP) is 4.74. The normalized spacial score (nSPS) is 26.0. The molecule has 3 rings (SSSR count). The summed E-state index contributed by atoms with van der Waals surface area (Å²) in [4.78, 5) is 17.2. The van der Waals surface area contributed by atoms with Gasteiger partial charge in [0.25, 0.3) is 0 Å². The number of hydrogen-bond donors (Lipinski definition) is 0. The van der Waals surface area contributed by atoms with Crippen molar-refractivity contribution in [3.05, 3.63) is 47.1 Å². The van der Waals surface area contributed by atoms with Gasteiger partial charge in [0.2, 0.25) is 0 Å². The largest absolute Gasteiger partial charge is 0.290 e. The first-order chi connectivity index (χ1) is 10.7. The first-order valence-corrected chi connectivity index (χ1v) is 8.61. The third kappa shape index (κ3) is 2.79. The number of aliphatic imine (C=N–C) groups is 1. The molecule has 116 valence electrons. The Morgan fingerprint density at radius 2 is 1.86 bits per heavy atom. The highest BCUT2D eigenvalue weighted by Crippen LogP contribution is 2.38. The molecule has 0 spiro atoms. The van der Waals surface area contributed by atoms with Crippen LogP contribution in [0, 0.1) is 5.92 Å². The summed E-state index contributed by atoms with van der Waals surface area (Å²) in [7, 11) is 0. The Labute approximate surface area is 133 Å². The zero-order valence-electron chi connectivity index (χ0n) is 13.6. The van der Waals surface area contributed by atoms with Gasteiger partial charge in [-0.2, -0.15) is 0 Å². The van der Waals surface area contributed by atoms with Crippen LogP contribution < -0.4 is 0 Å². The van der Waals surface area contributed by atoms with Crippen molar-refractivity contribution in [3.63, 3.8) is 0 Å². The number of rotatable bonds is 6. The molecule has 0 saturated carbocycles. The molecule has 0 aromatic carbocycles. The fourth-order valence-corrected chi connectivity index (χ4v) is 3.59. The molecular weight excluding hydrogens is 270 g/mol. The maximum Gasteiger partial charge on any atom is 0.182 e. The molecule has 0 aromatic heterocycles. The molecule has 0 unspecified atom stereocenters. The van der Waals surface area contributed by atoms with Crippen LogP contribution in [0.3, 0.4) is 0 Å². The number of unbranched alkanes of at least 4 members (excludes halogenated alkanes) is 4. The molecule has 2 aliphatic carbocycles. The maximum absolute atomic E-state index is 12.3. The molecule has 2 heteroatoms. The van der Waals surface area contributed by atoms with Gasteiger partial charge in [0.05, 0.1) is 11.8 Å². The second-order valence-corrected chi connectivity index (χ2v) is 6.50. The van der Waals surface area contributed by atoms with Gasteiger partial charge in [-0.25, -0.2) is 0 Å². The van der Waals surface area contributed by atoms with Crippen LogP contribution in [0.5, 0.6) is 0 Å². The van der Waals surface area contributed by atoms with Gasteiger partial charge in [-0.1, -0.05) is 56.9 Å². The zero-order valence-corrected chi connectivity index (χ0v) is 13.6. The fraction of sp³-hybridized carbons (Fsp3) is 0.500. The van der Waals surface area contributed by atoms with E-state index in [0.29, 0.717) is 0 Å². The van der Waals surface area contributed by atoms with Gasteiger partial charge in [-0.15, -0.1) is 0 Å². The van der Waals surface area contributed by atoms with E-state index in [-0.39, 0.29) is 17.7 Å². The van der Waals surface area contributed by atoms with Gasteiger partial charge >= 0.3 is 0 Å². The van der Waals surface area contributed by atoms with E-state index in [1.807, 2.05) is 13.0 Å². The summed E-state index contributed by atoms with van der Waals surface area (Å²) in [5.74, 6) is 0.452. The molecule has 0 amide bonds. The Kier molecular flexibility index (Phi) is 4.56. The van der Waals surface area contributed by atoms with E-state index < -0.39 is 0 Å². The van der Waals surface area contributed by atoms with Gasteiger partial charge in [-0.05, 0) is 37.0 Å². The summed E-state index contributed by atoms with van der Waals surface area (Å²) in [6, 6.07) is 0.194. The van der Waals surface area contributed by atoms with Crippen molar-refractivity contribution in [1.29, 1.82) is 0 Å². The highest BCUT2D eigenvalue weighted by Gasteiger charge is 2.36. The summed E-state index contributed by atoms with van der Waals surface area (Å²) >= 11 is 0. The van der Waals surface area contributed by atoms with E-state index in [4.69, 9.17) is 4.99 Å². The Balaban J connectivity index is 1.77. The van der Waals surface area contributed by atoms with Crippen LogP contribution in [-0.4, -0.2) is 17.5 Å². The fourth-order valence-electron chi connectivity index (χ4n) is 3.59. The molecule has 1 heterocycles. The Hall–Kier alpha value is -1.70. The van der Waals surface area contributed by atoms with Crippen LogP contribution in [0.4, 0.5) is 0 Å². The third-order valence-corrected chi connectivity index (χ3v) is 4.94. The lowest BCUT2D eigenvalue weighted by Gasteiger charge is -2.20. The lowest BCUT2D eigenvalue weighted by Crippen LogP contribution is -2.20. The molecule has 2 atom stereocenters. The van der Waals surface area contributed by atoms with Crippen molar-refractivity contribution in [2.75, 3.05) is 0 Å². The second kappa shape index (κ2) is 6.60. The van der Waals surface area contributed by atoms with E-state index in [1.165, 1.54) is 31.3 Å². The number of hydrogen-bond acceptors (Lipinski definition) is 2. The number of ketones is 1. The minimum Gasteiger partial charge on any atom is -0.290 e. The van der Waals surface area contributed by atoms with Crippen LogP contribution in [0.2, 0.25) is 0 Å². The van der Waals surface area contributed by atoms with Gasteiger partial charge in [0.1, 0.15) is 0 Å². The van der Waals surface area contributed by atoms with E-state index >= 15 is 0 Å². The van der Waals surface area contributed by atoms with E-state index in [2.05, 4.69) is 31.2 Å². The summed E-state index contributed by atoms with van der Waals surface area (Å²) in [5.41, 5.74) is 4.36. The van der Waals surface area contributed by atoms with E-state index in [9.17, 15) is 4.79 Å². The number of fused-ring (bicyclic) bond motifs is 3. The molecule has 0 bridgehead atoms. The Morgan fingerprint density at radius 3 is 2.68 bits per heavy atom. The minimum atomic E-state index is 0.182. The highest BCUT2D eigenvalue weighted by molar-refractivity contribution is 6.26. The number of carbonyl (C=O) groups excluding carboxylic acids is 1. The molecule has 0 saturated heterocycles. The molecule has 0 aromatic rings. The summed E-state index contributed by atoms with van der Waals surface area (Å²) < 4.78 is 0. The summed E-state index contributed by atoms with van der Waals surface area (Å²) in [5, 5.41) is 0. The molecule has 0 radical (unpaired) electrons. The smallest absolute Gasteiger partial charge is 0.182 e. The van der Waals surface area contributed by atoms with Gasteiger partial charge in [0, 0.05) is 11.5 Å². The molecule has 2 nitrogen and oxygen atoms in total. The predicted molar refractivity (Wildman–Crippen MR) is 92.2 cm³/mol. The average molecular weight is 295 g/mol. The quantitative estimate of drug-likeness (QED) is 0.514. The number of allylic oxidation sites excluding steroid dienone is 5. The average Bonchev–Trinajstić information content (AvgIpc) is 2.89. The number of carbonyl (C=O) groups is 1. The van der Waals surface area contributed by atoms with Crippen molar-refractivity contribution in [1.82, 2.24) is 0 Å². The lowest BCUT2D eigenvalue weighted by atomic mass is 9.81. The van der Waals surface area contributed by atoms with Gasteiger partial charge < -0.3 is 0 Å². The van der Waals surface area contributed by atoms with Crippen LogP contribution >= 0.6 is 0 Å². The molecule has 3 aliphatic rings. The first kappa shape index (κ1) is 15.2. The van der Waals surface area contributed by atoms with Crippen molar-refractivity contribution < 1.29 is 4.79 Å². The minimum absolute atomic E-state index is 0.182. The molecule has 0 fully saturated rings. The van der Waals surface area contributed by atoms with Crippen LogP contribution in [0.25, 0.3) is 0 Å². The SMILES string of the molecule is CCCCCCCC1=C(C)C(=O)C=C2C1=N[C@@H]1C=CC=C[C@H]21. The van der Waals surface area contributed by atoms with Crippen molar-refractivity contribution in [2.45, 2.75) is 58.4 Å². The maximum atomic E-state index is 12.3. The third-order valence-electron chi connectivity index (χ3n) is 4.94. The Bertz CT molecular complexity index is 616. The monoisotopic (exact) mass is 295 g/mol. The zero-order chi connectivity index (χ0) is 15.5.